The van der Waals surface area contributed by atoms with Gasteiger partial charge in [0, 0.05) is 0 Å². The van der Waals surface area contributed by atoms with Crippen molar-refractivity contribution < 1.29 is 27.8 Å². The van der Waals surface area contributed by atoms with Crippen molar-refractivity contribution in [3.63, 3.8) is 0 Å². The van der Waals surface area contributed by atoms with Gasteiger partial charge in [-0.1, -0.05) is 0 Å². The van der Waals surface area contributed by atoms with Gasteiger partial charge in [0.05, 0.1) is 11.5 Å². The molecule has 0 saturated carbocycles. The summed E-state index contributed by atoms with van der Waals surface area (Å²) in [5, 5.41) is 17.5. The summed E-state index contributed by atoms with van der Waals surface area (Å²) in [5.41, 5.74) is 0.319. The minimum absolute atomic E-state index is 0.159. The number of sulfonamides is 1. The van der Waals surface area contributed by atoms with Gasteiger partial charge in [-0.2, -0.15) is 4.72 Å². The lowest BCUT2D eigenvalue weighted by Gasteiger charge is -2.15. The van der Waals surface area contributed by atoms with E-state index in [0.29, 0.717) is 0 Å². The fourth-order valence-corrected chi connectivity index (χ4v) is 3.37. The van der Waals surface area contributed by atoms with Crippen molar-refractivity contribution >= 4 is 16.0 Å². The van der Waals surface area contributed by atoms with Crippen LogP contribution in [-0.2, 0) is 14.8 Å². The minimum Gasteiger partial charge on any atom is -0.480 e. The van der Waals surface area contributed by atoms with Crippen LogP contribution in [0.4, 0.5) is 4.39 Å². The SMILES string of the molecule is Cc1cc(F)cc(C)c1S(=O)(=O)N[C@H](CO)C(=O)O. The van der Waals surface area contributed by atoms with Crippen molar-refractivity contribution in [1.82, 2.24) is 4.72 Å². The monoisotopic (exact) mass is 291 g/mol. The predicted molar refractivity (Wildman–Crippen MR) is 64.7 cm³/mol. The van der Waals surface area contributed by atoms with Gasteiger partial charge in [0.2, 0.25) is 10.0 Å². The van der Waals surface area contributed by atoms with Crippen LogP contribution in [0.3, 0.4) is 0 Å². The molecule has 0 heterocycles. The van der Waals surface area contributed by atoms with Gasteiger partial charge in [0.1, 0.15) is 11.9 Å². The highest BCUT2D eigenvalue weighted by atomic mass is 32.2. The number of hydrogen-bond donors (Lipinski definition) is 3. The lowest BCUT2D eigenvalue weighted by atomic mass is 10.1. The van der Waals surface area contributed by atoms with Gasteiger partial charge in [-0.25, -0.2) is 12.8 Å². The van der Waals surface area contributed by atoms with Crippen LogP contribution in [0.1, 0.15) is 11.1 Å². The van der Waals surface area contributed by atoms with E-state index in [1.165, 1.54) is 13.8 Å². The number of benzene rings is 1. The van der Waals surface area contributed by atoms with Gasteiger partial charge in [-0.05, 0) is 37.1 Å². The minimum atomic E-state index is -4.15. The lowest BCUT2D eigenvalue weighted by molar-refractivity contribution is -0.139. The summed E-state index contributed by atoms with van der Waals surface area (Å²) in [6, 6.07) is 0.431. The number of aryl methyl sites for hydroxylation is 2. The topological polar surface area (TPSA) is 104 Å². The van der Waals surface area contributed by atoms with Crippen molar-refractivity contribution in [3.05, 3.63) is 29.1 Å². The molecule has 8 heteroatoms. The summed E-state index contributed by atoms with van der Waals surface area (Å²) in [7, 11) is -4.15. The molecule has 0 saturated heterocycles. The van der Waals surface area contributed by atoms with Crippen LogP contribution in [0, 0.1) is 19.7 Å². The van der Waals surface area contributed by atoms with Gasteiger partial charge >= 0.3 is 5.97 Å². The van der Waals surface area contributed by atoms with E-state index < -0.39 is 34.5 Å². The van der Waals surface area contributed by atoms with Gasteiger partial charge in [-0.3, -0.25) is 4.79 Å². The Kier molecular flexibility index (Phi) is 4.61. The molecule has 0 unspecified atom stereocenters. The molecule has 0 amide bonds. The Bertz CT molecular complexity index is 576. The largest absolute Gasteiger partial charge is 0.480 e. The van der Waals surface area contributed by atoms with E-state index in [-0.39, 0.29) is 16.0 Å². The quantitative estimate of drug-likeness (QED) is 0.717. The third-order valence-electron chi connectivity index (χ3n) is 2.47. The van der Waals surface area contributed by atoms with Crippen LogP contribution in [0.5, 0.6) is 0 Å². The van der Waals surface area contributed by atoms with Gasteiger partial charge < -0.3 is 10.2 Å². The first-order valence-corrected chi connectivity index (χ1v) is 6.80. The predicted octanol–water partition coefficient (Wildman–Crippen LogP) is 0.166. The van der Waals surface area contributed by atoms with Crippen LogP contribution in [-0.4, -0.2) is 37.2 Å². The highest BCUT2D eigenvalue weighted by Gasteiger charge is 2.27. The normalized spacial score (nSPS) is 13.3. The van der Waals surface area contributed by atoms with Crippen LogP contribution < -0.4 is 4.72 Å². The van der Waals surface area contributed by atoms with Crippen LogP contribution in [0.25, 0.3) is 0 Å². The second-order valence-electron chi connectivity index (χ2n) is 4.06. The molecule has 1 rings (SSSR count). The van der Waals surface area contributed by atoms with Crippen molar-refractivity contribution in [2.24, 2.45) is 0 Å². The molecule has 1 aromatic carbocycles. The number of aliphatic carboxylic acids is 1. The number of halogens is 1. The van der Waals surface area contributed by atoms with E-state index in [0.717, 1.165) is 12.1 Å². The van der Waals surface area contributed by atoms with Crippen molar-refractivity contribution in [2.75, 3.05) is 6.61 Å². The molecule has 0 spiro atoms. The Morgan fingerprint density at radius 1 is 1.37 bits per heavy atom. The Balaban J connectivity index is 3.25. The molecular weight excluding hydrogens is 277 g/mol. The molecule has 0 radical (unpaired) electrons. The molecule has 0 aromatic heterocycles. The Hall–Kier alpha value is -1.51. The molecule has 1 aromatic rings. The third kappa shape index (κ3) is 3.49. The second kappa shape index (κ2) is 5.64. The summed E-state index contributed by atoms with van der Waals surface area (Å²) in [4.78, 5) is 10.5. The number of hydrogen-bond acceptors (Lipinski definition) is 4. The molecule has 0 fully saturated rings. The fourth-order valence-electron chi connectivity index (χ4n) is 1.73. The first kappa shape index (κ1) is 15.5. The summed E-state index contributed by atoms with van der Waals surface area (Å²) in [6.45, 7) is 1.92. The van der Waals surface area contributed by atoms with Crippen molar-refractivity contribution in [2.45, 2.75) is 24.8 Å². The average Bonchev–Trinajstić information content (AvgIpc) is 2.23. The van der Waals surface area contributed by atoms with E-state index in [1.54, 1.807) is 0 Å². The first-order chi connectivity index (χ1) is 8.69. The number of rotatable bonds is 5. The highest BCUT2D eigenvalue weighted by molar-refractivity contribution is 7.89. The zero-order chi connectivity index (χ0) is 14.8. The van der Waals surface area contributed by atoms with E-state index in [2.05, 4.69) is 0 Å². The summed E-state index contributed by atoms with van der Waals surface area (Å²) in [5.74, 6) is -2.07. The maximum Gasteiger partial charge on any atom is 0.324 e. The molecule has 106 valence electrons. The number of carboxylic acids is 1. The number of nitrogens with one attached hydrogen (secondary N) is 1. The van der Waals surface area contributed by atoms with Crippen molar-refractivity contribution in [3.8, 4) is 0 Å². The fraction of sp³-hybridized carbons (Fsp3) is 0.364. The number of aliphatic hydroxyl groups excluding tert-OH is 1. The average molecular weight is 291 g/mol. The second-order valence-corrected chi connectivity index (χ2v) is 5.71. The molecule has 19 heavy (non-hydrogen) atoms. The van der Waals surface area contributed by atoms with Crippen LogP contribution >= 0.6 is 0 Å². The summed E-state index contributed by atoms with van der Waals surface area (Å²) in [6.07, 6.45) is 0. The zero-order valence-electron chi connectivity index (χ0n) is 10.3. The van der Waals surface area contributed by atoms with Crippen LogP contribution in [0.2, 0.25) is 0 Å². The third-order valence-corrected chi connectivity index (χ3v) is 4.25. The van der Waals surface area contributed by atoms with Gasteiger partial charge in [-0.15, -0.1) is 0 Å². The first-order valence-electron chi connectivity index (χ1n) is 5.31. The molecule has 0 bridgehead atoms. The van der Waals surface area contributed by atoms with Crippen molar-refractivity contribution in [1.29, 1.82) is 0 Å². The number of aliphatic hydroxyl groups is 1. The van der Waals surface area contributed by atoms with E-state index >= 15 is 0 Å². The standard InChI is InChI=1S/C11H14FNO5S/c1-6-3-8(12)4-7(2)10(6)19(17,18)13-9(5-14)11(15)16/h3-4,9,13-14H,5H2,1-2H3,(H,15,16)/t9-/m1/s1. The molecule has 0 aliphatic rings. The van der Waals surface area contributed by atoms with E-state index in [1.807, 2.05) is 4.72 Å². The molecule has 3 N–H and O–H groups in total. The molecular formula is C11H14FNO5S. The summed E-state index contributed by atoms with van der Waals surface area (Å²) < 4.78 is 39.1. The van der Waals surface area contributed by atoms with Gasteiger partial charge in [0.25, 0.3) is 0 Å². The molecule has 6 nitrogen and oxygen atoms in total. The summed E-state index contributed by atoms with van der Waals surface area (Å²) >= 11 is 0. The highest BCUT2D eigenvalue weighted by Crippen LogP contribution is 2.21. The van der Waals surface area contributed by atoms with Gasteiger partial charge in [0.15, 0.2) is 0 Å². The van der Waals surface area contributed by atoms with E-state index in [4.69, 9.17) is 10.2 Å². The molecule has 0 aliphatic carbocycles. The Labute approximate surface area is 109 Å². The maximum atomic E-state index is 13.1. The zero-order valence-corrected chi connectivity index (χ0v) is 11.2. The Morgan fingerprint density at radius 3 is 2.21 bits per heavy atom. The smallest absolute Gasteiger partial charge is 0.324 e. The molecule has 1 atom stereocenters. The number of carboxylic acid groups (broad SMARTS) is 1. The van der Waals surface area contributed by atoms with E-state index in [9.17, 15) is 17.6 Å². The molecule has 0 aliphatic heterocycles. The van der Waals surface area contributed by atoms with Crippen LogP contribution in [0.15, 0.2) is 17.0 Å². The lowest BCUT2D eigenvalue weighted by Crippen LogP contribution is -2.43. The number of carbonyl (C=O) groups is 1. The Morgan fingerprint density at radius 2 is 1.84 bits per heavy atom. The maximum absolute atomic E-state index is 13.1.